The van der Waals surface area contributed by atoms with E-state index in [-0.39, 0.29) is 12.5 Å². The van der Waals surface area contributed by atoms with E-state index in [1.165, 1.54) is 0 Å². The second kappa shape index (κ2) is 8.86. The van der Waals surface area contributed by atoms with Gasteiger partial charge in [-0.15, -0.1) is 0 Å². The fourth-order valence-corrected chi connectivity index (χ4v) is 3.04. The molecule has 2 rings (SSSR count). The molecule has 0 radical (unpaired) electrons. The van der Waals surface area contributed by atoms with Crippen molar-refractivity contribution in [2.24, 2.45) is 0 Å². The summed E-state index contributed by atoms with van der Waals surface area (Å²) in [5.74, 6) is 0.592. The van der Waals surface area contributed by atoms with Crippen LogP contribution in [0.25, 0.3) is 0 Å². The first kappa shape index (κ1) is 19.3. The van der Waals surface area contributed by atoms with Crippen LogP contribution in [-0.4, -0.2) is 26.6 Å². The third-order valence-electron chi connectivity index (χ3n) is 3.57. The maximum absolute atomic E-state index is 12.3. The first-order valence-corrected chi connectivity index (χ1v) is 8.73. The highest BCUT2D eigenvalue weighted by Gasteiger charge is 2.15. The maximum Gasteiger partial charge on any atom is 0.279 e. The Morgan fingerprint density at radius 1 is 1.36 bits per heavy atom. The Balaban J connectivity index is 2.03. The second-order valence-electron chi connectivity index (χ2n) is 5.62. The van der Waals surface area contributed by atoms with Crippen LogP contribution in [-0.2, 0) is 11.3 Å². The summed E-state index contributed by atoms with van der Waals surface area (Å²) in [5, 5.41) is 12.3. The number of nitrogens with one attached hydrogen (secondary N) is 2. The van der Waals surface area contributed by atoms with Crippen LogP contribution in [0.1, 0.15) is 11.1 Å². The van der Waals surface area contributed by atoms with Gasteiger partial charge in [0.15, 0.2) is 6.54 Å². The van der Waals surface area contributed by atoms with Crippen molar-refractivity contribution in [2.75, 3.05) is 26.0 Å². The molecule has 0 spiro atoms. The van der Waals surface area contributed by atoms with Gasteiger partial charge in [0.2, 0.25) is 0 Å². The Morgan fingerprint density at radius 2 is 2.12 bits per heavy atom. The number of nitrogens with zero attached hydrogens (tertiary/aromatic N) is 1. The van der Waals surface area contributed by atoms with Gasteiger partial charge in [0, 0.05) is 15.1 Å². The minimum Gasteiger partial charge on any atom is -0.496 e. The van der Waals surface area contributed by atoms with Crippen LogP contribution in [0.4, 0.5) is 5.69 Å². The van der Waals surface area contributed by atoms with Crippen molar-refractivity contribution in [2.45, 2.75) is 6.54 Å². The van der Waals surface area contributed by atoms with Crippen molar-refractivity contribution in [3.05, 3.63) is 57.0 Å². The van der Waals surface area contributed by atoms with E-state index in [9.17, 15) is 4.79 Å². The predicted octanol–water partition coefficient (Wildman–Crippen LogP) is 2.64. The summed E-state index contributed by atoms with van der Waals surface area (Å²) in [7, 11) is 3.54. The normalized spacial score (nSPS) is 11.5. The lowest BCUT2D eigenvalue weighted by Gasteiger charge is -2.16. The summed E-state index contributed by atoms with van der Waals surface area (Å²) in [6.07, 6.45) is 0. The third kappa shape index (κ3) is 5.46. The molecule has 2 aromatic rings. The predicted molar refractivity (Wildman–Crippen MR) is 101 cm³/mol. The monoisotopic (exact) mass is 422 g/mol. The van der Waals surface area contributed by atoms with Gasteiger partial charge >= 0.3 is 0 Å². The van der Waals surface area contributed by atoms with Crippen LogP contribution in [0.2, 0.25) is 5.02 Å². The molecule has 1 atom stereocenters. The number of anilines is 1. The number of hydrogen-bond acceptors (Lipinski definition) is 3. The lowest BCUT2D eigenvalue weighted by molar-refractivity contribution is -0.885. The minimum atomic E-state index is -0.190. The van der Waals surface area contributed by atoms with Gasteiger partial charge in [-0.05, 0) is 36.4 Å². The van der Waals surface area contributed by atoms with E-state index < -0.39 is 0 Å². The zero-order valence-electron chi connectivity index (χ0n) is 13.9. The van der Waals surface area contributed by atoms with E-state index in [1.54, 1.807) is 25.3 Å². The molecular formula is C18H18BrClN3O2+. The van der Waals surface area contributed by atoms with Crippen LogP contribution in [0.15, 0.2) is 40.9 Å². The van der Waals surface area contributed by atoms with E-state index in [4.69, 9.17) is 21.6 Å². The molecule has 0 bridgehead atoms. The van der Waals surface area contributed by atoms with Crippen LogP contribution in [0.3, 0.4) is 0 Å². The number of rotatable bonds is 6. The topological polar surface area (TPSA) is 66.6 Å². The Hall–Kier alpha value is -2.07. The average molecular weight is 424 g/mol. The number of ether oxygens (including phenoxy) is 1. The number of methoxy groups -OCH3 is 1. The molecular weight excluding hydrogens is 406 g/mol. The maximum atomic E-state index is 12.3. The number of likely N-dealkylation sites (N-methyl/N-ethyl adjacent to an activating group) is 1. The number of hydrogen-bond donors (Lipinski definition) is 2. The van der Waals surface area contributed by atoms with Crippen molar-refractivity contribution < 1.29 is 14.4 Å². The molecule has 0 heterocycles. The first-order chi connectivity index (χ1) is 11.9. The molecule has 0 aromatic heterocycles. The summed E-state index contributed by atoms with van der Waals surface area (Å²) in [5.41, 5.74) is 1.81. The SMILES string of the molecule is COc1ccc(Br)cc1C[NH+](C)CC(=O)Nc1cc(Cl)ccc1C#N. The largest absolute Gasteiger partial charge is 0.496 e. The van der Waals surface area contributed by atoms with Crippen molar-refractivity contribution in [3.63, 3.8) is 0 Å². The van der Waals surface area contributed by atoms with E-state index in [2.05, 4.69) is 21.2 Å². The lowest BCUT2D eigenvalue weighted by Crippen LogP contribution is -3.08. The highest BCUT2D eigenvalue weighted by molar-refractivity contribution is 9.10. The number of benzene rings is 2. The molecule has 7 heteroatoms. The molecule has 0 fully saturated rings. The number of quaternary nitrogens is 1. The van der Waals surface area contributed by atoms with Crippen molar-refractivity contribution in [1.29, 1.82) is 5.26 Å². The summed E-state index contributed by atoms with van der Waals surface area (Å²) >= 11 is 9.38. The molecule has 0 aliphatic heterocycles. The minimum absolute atomic E-state index is 0.190. The number of carbonyl (C=O) groups is 1. The number of halogens is 2. The molecule has 0 saturated heterocycles. The van der Waals surface area contributed by atoms with Gasteiger partial charge in [-0.3, -0.25) is 4.79 Å². The third-order valence-corrected chi connectivity index (χ3v) is 4.30. The molecule has 0 aliphatic carbocycles. The summed E-state index contributed by atoms with van der Waals surface area (Å²) in [6.45, 7) is 0.865. The van der Waals surface area contributed by atoms with E-state index in [1.807, 2.05) is 31.3 Å². The zero-order valence-corrected chi connectivity index (χ0v) is 16.2. The van der Waals surface area contributed by atoms with Gasteiger partial charge in [0.25, 0.3) is 5.91 Å². The molecule has 2 aromatic carbocycles. The Bertz CT molecular complexity index is 820. The molecule has 25 heavy (non-hydrogen) atoms. The highest BCUT2D eigenvalue weighted by Crippen LogP contribution is 2.22. The van der Waals surface area contributed by atoms with Gasteiger partial charge in [0.1, 0.15) is 18.4 Å². The fourth-order valence-electron chi connectivity index (χ4n) is 2.46. The molecule has 1 unspecified atom stereocenters. The smallest absolute Gasteiger partial charge is 0.279 e. The quantitative estimate of drug-likeness (QED) is 0.751. The van der Waals surface area contributed by atoms with Crippen LogP contribution in [0.5, 0.6) is 5.75 Å². The van der Waals surface area contributed by atoms with E-state index in [0.717, 1.165) is 20.7 Å². The van der Waals surface area contributed by atoms with Gasteiger partial charge in [-0.1, -0.05) is 27.5 Å². The van der Waals surface area contributed by atoms with Gasteiger partial charge in [0.05, 0.1) is 25.4 Å². The van der Waals surface area contributed by atoms with Crippen LogP contribution < -0.4 is 15.0 Å². The average Bonchev–Trinajstić information content (AvgIpc) is 2.55. The number of carbonyl (C=O) groups excluding carboxylic acids is 1. The number of nitriles is 1. The Morgan fingerprint density at radius 3 is 2.80 bits per heavy atom. The van der Waals surface area contributed by atoms with Crippen molar-refractivity contribution in [3.8, 4) is 11.8 Å². The first-order valence-electron chi connectivity index (χ1n) is 7.56. The fraction of sp³-hybridized carbons (Fsp3) is 0.222. The Kier molecular flexibility index (Phi) is 6.82. The number of amides is 1. The van der Waals surface area contributed by atoms with Crippen molar-refractivity contribution in [1.82, 2.24) is 0 Å². The molecule has 130 valence electrons. The van der Waals surface area contributed by atoms with E-state index in [0.29, 0.717) is 22.8 Å². The summed E-state index contributed by atoms with van der Waals surface area (Å²) in [4.78, 5) is 13.3. The molecule has 0 aliphatic rings. The highest BCUT2D eigenvalue weighted by atomic mass is 79.9. The summed E-state index contributed by atoms with van der Waals surface area (Å²) < 4.78 is 6.32. The van der Waals surface area contributed by atoms with Gasteiger partial charge in [-0.25, -0.2) is 0 Å². The van der Waals surface area contributed by atoms with Gasteiger partial charge in [-0.2, -0.15) is 5.26 Å². The second-order valence-corrected chi connectivity index (χ2v) is 6.97. The lowest BCUT2D eigenvalue weighted by atomic mass is 10.2. The zero-order chi connectivity index (χ0) is 18.4. The summed E-state index contributed by atoms with van der Waals surface area (Å²) in [6, 6.07) is 12.6. The molecule has 5 nitrogen and oxygen atoms in total. The van der Waals surface area contributed by atoms with Gasteiger partial charge < -0.3 is 15.0 Å². The molecule has 1 amide bonds. The molecule has 2 N–H and O–H groups in total. The molecule has 0 saturated carbocycles. The Labute approximate surface area is 160 Å². The van der Waals surface area contributed by atoms with Crippen LogP contribution in [0, 0.1) is 11.3 Å². The van der Waals surface area contributed by atoms with Crippen molar-refractivity contribution >= 4 is 39.1 Å². The van der Waals surface area contributed by atoms with E-state index >= 15 is 0 Å². The standard InChI is InChI=1S/C18H17BrClN3O2/c1-23(10-13-7-14(19)4-6-17(13)25-2)11-18(24)22-16-8-15(20)5-3-12(16)9-21/h3-8H,10-11H2,1-2H3,(H,22,24)/p+1. The van der Waals surface area contributed by atoms with Crippen LogP contribution >= 0.6 is 27.5 Å².